The van der Waals surface area contributed by atoms with Crippen LogP contribution in [0.3, 0.4) is 0 Å². The number of thiophene rings is 1. The van der Waals surface area contributed by atoms with Crippen LogP contribution in [0.15, 0.2) is 12.1 Å². The summed E-state index contributed by atoms with van der Waals surface area (Å²) in [6.45, 7) is 3.29. The zero-order chi connectivity index (χ0) is 9.26. The number of likely N-dealkylation sites (N-methyl/N-ethyl adjacent to an activating group) is 1. The lowest BCUT2D eigenvalue weighted by Gasteiger charge is -2.36. The summed E-state index contributed by atoms with van der Waals surface area (Å²) in [5, 5.41) is 3.49. The molecule has 1 saturated heterocycles. The number of nitrogens with one attached hydrogen (secondary N) is 1. The van der Waals surface area contributed by atoms with Crippen molar-refractivity contribution in [2.45, 2.75) is 12.6 Å². The summed E-state index contributed by atoms with van der Waals surface area (Å²) in [7, 11) is 2.14. The van der Waals surface area contributed by atoms with E-state index < -0.39 is 0 Å². The molecule has 0 aromatic carbocycles. The minimum atomic E-state index is 0.672. The molecule has 0 radical (unpaired) electrons. The van der Waals surface area contributed by atoms with E-state index in [-0.39, 0.29) is 0 Å². The maximum absolute atomic E-state index is 5.83. The summed E-state index contributed by atoms with van der Waals surface area (Å²) in [5.41, 5.74) is 0. The van der Waals surface area contributed by atoms with Crippen LogP contribution in [0, 0.1) is 0 Å². The van der Waals surface area contributed by atoms with E-state index in [0.29, 0.717) is 6.04 Å². The normalized spacial score (nSPS) is 18.9. The molecule has 0 saturated carbocycles. The maximum Gasteiger partial charge on any atom is 0.0931 e. The van der Waals surface area contributed by atoms with Crippen molar-refractivity contribution in [3.63, 3.8) is 0 Å². The summed E-state index contributed by atoms with van der Waals surface area (Å²) >= 11 is 7.48. The Hall–Kier alpha value is -0.0900. The van der Waals surface area contributed by atoms with Crippen molar-refractivity contribution in [3.8, 4) is 0 Å². The summed E-state index contributed by atoms with van der Waals surface area (Å²) in [4.78, 5) is 3.62. The zero-order valence-corrected chi connectivity index (χ0v) is 9.16. The van der Waals surface area contributed by atoms with Gasteiger partial charge in [-0.25, -0.2) is 0 Å². The summed E-state index contributed by atoms with van der Waals surface area (Å²) in [5.74, 6) is 0. The van der Waals surface area contributed by atoms with Gasteiger partial charge >= 0.3 is 0 Å². The highest BCUT2D eigenvalue weighted by Crippen LogP contribution is 2.21. The van der Waals surface area contributed by atoms with Gasteiger partial charge in [0.15, 0.2) is 0 Å². The second kappa shape index (κ2) is 3.96. The fourth-order valence-corrected chi connectivity index (χ4v) is 2.56. The van der Waals surface area contributed by atoms with Crippen molar-refractivity contribution in [3.05, 3.63) is 21.3 Å². The molecule has 72 valence electrons. The van der Waals surface area contributed by atoms with Crippen molar-refractivity contribution < 1.29 is 0 Å². The van der Waals surface area contributed by atoms with Crippen molar-refractivity contribution in [2.24, 2.45) is 0 Å². The molecule has 4 heteroatoms. The molecule has 2 nitrogen and oxygen atoms in total. The van der Waals surface area contributed by atoms with E-state index in [0.717, 1.165) is 10.9 Å². The Morgan fingerprint density at radius 2 is 2.38 bits per heavy atom. The van der Waals surface area contributed by atoms with Crippen LogP contribution in [0.4, 0.5) is 0 Å². The highest BCUT2D eigenvalue weighted by atomic mass is 35.5. The lowest BCUT2D eigenvalue weighted by Crippen LogP contribution is -2.55. The first-order valence-corrected chi connectivity index (χ1v) is 5.59. The predicted octanol–water partition coefficient (Wildman–Crippen LogP) is 1.81. The topological polar surface area (TPSA) is 15.3 Å². The lowest BCUT2D eigenvalue weighted by molar-refractivity contribution is 0.161. The summed E-state index contributed by atoms with van der Waals surface area (Å²) in [6.07, 6.45) is 0. The molecule has 1 aromatic rings. The highest BCUT2D eigenvalue weighted by molar-refractivity contribution is 7.16. The van der Waals surface area contributed by atoms with Crippen LogP contribution < -0.4 is 5.32 Å². The molecule has 0 spiro atoms. The predicted molar refractivity (Wildman–Crippen MR) is 57.5 cm³/mol. The van der Waals surface area contributed by atoms with Crippen LogP contribution in [0.25, 0.3) is 0 Å². The number of hydrogen-bond acceptors (Lipinski definition) is 3. The molecule has 0 atom stereocenters. The number of nitrogens with zero attached hydrogens (tertiary/aromatic N) is 1. The standard InChI is InChI=1S/C9H13ClN2S/c1-12-5-7(6-12)11-4-8-2-3-9(10)13-8/h2-3,7,11H,4-6H2,1H3. The van der Waals surface area contributed by atoms with Gasteiger partial charge in [0.2, 0.25) is 0 Å². The van der Waals surface area contributed by atoms with Gasteiger partial charge in [0.05, 0.1) is 4.34 Å². The van der Waals surface area contributed by atoms with Gasteiger partial charge in [-0.1, -0.05) is 11.6 Å². The number of rotatable bonds is 3. The molecule has 0 unspecified atom stereocenters. The first kappa shape index (κ1) is 9.46. The quantitative estimate of drug-likeness (QED) is 0.829. The van der Waals surface area contributed by atoms with Gasteiger partial charge in [0.1, 0.15) is 0 Å². The minimum absolute atomic E-state index is 0.672. The average molecular weight is 217 g/mol. The van der Waals surface area contributed by atoms with Crippen LogP contribution >= 0.6 is 22.9 Å². The molecule has 0 bridgehead atoms. The third kappa shape index (κ3) is 2.44. The van der Waals surface area contributed by atoms with Crippen molar-refractivity contribution in [1.29, 1.82) is 0 Å². The Morgan fingerprint density at radius 3 is 2.92 bits per heavy atom. The minimum Gasteiger partial charge on any atom is -0.307 e. The van der Waals surface area contributed by atoms with Crippen molar-refractivity contribution in [2.75, 3.05) is 20.1 Å². The number of hydrogen-bond donors (Lipinski definition) is 1. The summed E-state index contributed by atoms with van der Waals surface area (Å²) < 4.78 is 0.877. The monoisotopic (exact) mass is 216 g/mol. The van der Waals surface area contributed by atoms with E-state index in [4.69, 9.17) is 11.6 Å². The van der Waals surface area contributed by atoms with Gasteiger partial charge < -0.3 is 10.2 Å². The van der Waals surface area contributed by atoms with Gasteiger partial charge in [-0.05, 0) is 19.2 Å². The van der Waals surface area contributed by atoms with E-state index in [1.165, 1.54) is 18.0 Å². The number of likely N-dealkylation sites (tertiary alicyclic amines) is 1. The molecule has 1 fully saturated rings. The molecule has 2 rings (SSSR count). The van der Waals surface area contributed by atoms with Crippen molar-refractivity contribution >= 4 is 22.9 Å². The first-order chi connectivity index (χ1) is 6.24. The SMILES string of the molecule is CN1CC(NCc2ccc(Cl)s2)C1. The van der Waals surface area contributed by atoms with Gasteiger partial charge in [0.25, 0.3) is 0 Å². The van der Waals surface area contributed by atoms with Crippen LogP contribution in [0.2, 0.25) is 4.34 Å². The van der Waals surface area contributed by atoms with E-state index in [1.807, 2.05) is 6.07 Å². The molecule has 1 aromatic heterocycles. The molecular weight excluding hydrogens is 204 g/mol. The van der Waals surface area contributed by atoms with E-state index in [9.17, 15) is 0 Å². The number of halogens is 1. The Balaban J connectivity index is 1.74. The first-order valence-electron chi connectivity index (χ1n) is 4.40. The Labute approximate surface area is 87.5 Å². The van der Waals surface area contributed by atoms with E-state index >= 15 is 0 Å². The van der Waals surface area contributed by atoms with Crippen molar-refractivity contribution in [1.82, 2.24) is 10.2 Å². The fourth-order valence-electron chi connectivity index (χ4n) is 1.52. The van der Waals surface area contributed by atoms with Crippen LogP contribution in [-0.4, -0.2) is 31.1 Å². The largest absolute Gasteiger partial charge is 0.307 e. The van der Waals surface area contributed by atoms with E-state index in [2.05, 4.69) is 23.3 Å². The Bertz CT molecular complexity index is 281. The fraction of sp³-hybridized carbons (Fsp3) is 0.556. The van der Waals surface area contributed by atoms with E-state index in [1.54, 1.807) is 11.3 Å². The second-order valence-electron chi connectivity index (χ2n) is 3.50. The second-order valence-corrected chi connectivity index (χ2v) is 5.30. The molecule has 0 aliphatic carbocycles. The Morgan fingerprint density at radius 1 is 1.62 bits per heavy atom. The van der Waals surface area contributed by atoms with Crippen LogP contribution in [0.5, 0.6) is 0 Å². The lowest BCUT2D eigenvalue weighted by atomic mass is 10.1. The van der Waals surface area contributed by atoms with Crippen LogP contribution in [-0.2, 0) is 6.54 Å². The average Bonchev–Trinajstić information content (AvgIpc) is 2.43. The zero-order valence-electron chi connectivity index (χ0n) is 7.59. The molecule has 1 N–H and O–H groups in total. The summed E-state index contributed by atoms with van der Waals surface area (Å²) in [6, 6.07) is 4.71. The van der Waals surface area contributed by atoms with Gasteiger partial charge in [-0.15, -0.1) is 11.3 Å². The van der Waals surface area contributed by atoms with Gasteiger partial charge in [-0.3, -0.25) is 0 Å². The Kier molecular flexibility index (Phi) is 2.89. The molecule has 1 aliphatic heterocycles. The highest BCUT2D eigenvalue weighted by Gasteiger charge is 2.21. The van der Waals surface area contributed by atoms with Crippen LogP contribution in [0.1, 0.15) is 4.88 Å². The molecular formula is C9H13ClN2S. The molecule has 13 heavy (non-hydrogen) atoms. The third-order valence-corrected chi connectivity index (χ3v) is 3.49. The molecule has 2 heterocycles. The molecule has 1 aliphatic rings. The van der Waals surface area contributed by atoms with Gasteiger partial charge in [-0.2, -0.15) is 0 Å². The van der Waals surface area contributed by atoms with Gasteiger partial charge in [0, 0.05) is 30.6 Å². The molecule has 0 amide bonds. The third-order valence-electron chi connectivity index (χ3n) is 2.26. The smallest absolute Gasteiger partial charge is 0.0931 e. The maximum atomic E-state index is 5.83.